The van der Waals surface area contributed by atoms with Crippen LogP contribution >= 0.6 is 0 Å². The fourth-order valence-corrected chi connectivity index (χ4v) is 7.88. The molecule has 0 amide bonds. The number of hydrogen-bond donors (Lipinski definition) is 1. The molecule has 5 nitrogen and oxygen atoms in total. The van der Waals surface area contributed by atoms with E-state index in [-0.39, 0.29) is 0 Å². The maximum atomic E-state index is 5.49. The molecule has 1 atom stereocenters. The molecule has 5 aromatic carbocycles. The second kappa shape index (κ2) is 10.7. The maximum absolute atomic E-state index is 5.49. The number of aromatic nitrogens is 2. The van der Waals surface area contributed by atoms with Crippen molar-refractivity contribution in [2.45, 2.75) is 19.1 Å². The van der Waals surface area contributed by atoms with Gasteiger partial charge in [-0.15, -0.1) is 0 Å². The Balaban J connectivity index is 1.34. The third-order valence-electron chi connectivity index (χ3n) is 9.88. The van der Waals surface area contributed by atoms with E-state index in [1.165, 1.54) is 49.9 Å². The summed E-state index contributed by atoms with van der Waals surface area (Å²) in [4.78, 5) is 12.7. The number of benzene rings is 5. The van der Waals surface area contributed by atoms with Gasteiger partial charge in [0.05, 0.1) is 33.8 Å². The molecule has 0 fully saturated rings. The summed E-state index contributed by atoms with van der Waals surface area (Å²) in [5.74, 6) is 0. The van der Waals surface area contributed by atoms with Crippen molar-refractivity contribution in [3.8, 4) is 0 Å². The molecule has 4 heterocycles. The Morgan fingerprint density at radius 2 is 1.46 bits per heavy atom. The van der Waals surface area contributed by atoms with Crippen molar-refractivity contribution >= 4 is 61.4 Å². The van der Waals surface area contributed by atoms with Gasteiger partial charge in [-0.3, -0.25) is 4.98 Å². The Morgan fingerprint density at radius 3 is 2.35 bits per heavy atom. The van der Waals surface area contributed by atoms with Gasteiger partial charge in [-0.25, -0.2) is 4.99 Å². The molecule has 0 radical (unpaired) electrons. The Bertz CT molecular complexity index is 2490. The minimum Gasteiger partial charge on any atom is -0.346 e. The summed E-state index contributed by atoms with van der Waals surface area (Å²) in [6.07, 6.45) is 8.07. The smallest absolute Gasteiger partial charge is 0.201 e. The predicted molar refractivity (Wildman–Crippen MR) is 198 cm³/mol. The fourth-order valence-electron chi connectivity index (χ4n) is 7.88. The molecule has 228 valence electrons. The van der Waals surface area contributed by atoms with Crippen molar-refractivity contribution in [3.63, 3.8) is 0 Å². The van der Waals surface area contributed by atoms with Crippen molar-refractivity contribution in [3.05, 3.63) is 174 Å². The number of anilines is 4. The van der Waals surface area contributed by atoms with E-state index in [0.717, 1.165) is 46.7 Å². The third-order valence-corrected chi connectivity index (χ3v) is 9.88. The highest BCUT2D eigenvalue weighted by Crippen LogP contribution is 2.53. The van der Waals surface area contributed by atoms with E-state index in [0.29, 0.717) is 0 Å². The Morgan fingerprint density at radius 1 is 0.667 bits per heavy atom. The van der Waals surface area contributed by atoms with Gasteiger partial charge in [0.2, 0.25) is 6.29 Å². The number of aliphatic imine (C=N–C) groups is 1. The second-order valence-electron chi connectivity index (χ2n) is 12.5. The summed E-state index contributed by atoms with van der Waals surface area (Å²) in [6, 6.07) is 47.5. The fraction of sp³-hybridized carbons (Fsp3) is 0.0698. The van der Waals surface area contributed by atoms with Gasteiger partial charge in [0.15, 0.2) is 0 Å². The summed E-state index contributed by atoms with van der Waals surface area (Å²) in [5, 5.41) is 6.28. The average molecular weight is 618 g/mol. The molecular formula is C43H31N5. The third kappa shape index (κ3) is 3.97. The second-order valence-corrected chi connectivity index (χ2v) is 12.5. The Labute approximate surface area is 278 Å². The van der Waals surface area contributed by atoms with Crippen LogP contribution in [0.2, 0.25) is 0 Å². The van der Waals surface area contributed by atoms with Gasteiger partial charge < -0.3 is 14.8 Å². The van der Waals surface area contributed by atoms with Crippen LogP contribution in [0.1, 0.15) is 41.5 Å². The molecule has 2 aliphatic heterocycles. The Kier molecular flexibility index (Phi) is 6.00. The highest BCUT2D eigenvalue weighted by molar-refractivity contribution is 6.19. The standard InChI is InChI=1S/C43H31N5/c1-2-14-28(15-3-1)47-37-23-10-7-17-30(37)29-16-4-5-19-32(29)40-39(47)26-25-33-31-18-8-11-24-38(31)48(42(33)40)43-45-35-21-9-6-20-34(35)41(46-43)36-22-12-13-27-44-36/h1-4,6-18,20-27,43,45H,5,19H2. The van der Waals surface area contributed by atoms with Crippen LogP contribution in [-0.4, -0.2) is 15.3 Å². The number of pyridine rings is 1. The molecule has 3 aliphatic rings. The number of hydrogen-bond acceptors (Lipinski definition) is 4. The average Bonchev–Trinajstić information content (AvgIpc) is 3.43. The van der Waals surface area contributed by atoms with Gasteiger partial charge in [0.1, 0.15) is 0 Å². The lowest BCUT2D eigenvalue weighted by molar-refractivity contribution is 0.624. The number of rotatable bonds is 3. The molecule has 0 saturated heterocycles. The maximum Gasteiger partial charge on any atom is 0.201 e. The first-order valence-corrected chi connectivity index (χ1v) is 16.6. The molecule has 1 N–H and O–H groups in total. The summed E-state index contributed by atoms with van der Waals surface area (Å²) in [6.45, 7) is 0. The van der Waals surface area contributed by atoms with E-state index in [4.69, 9.17) is 9.98 Å². The first-order chi connectivity index (χ1) is 23.8. The molecular weight excluding hydrogens is 587 g/mol. The van der Waals surface area contributed by atoms with E-state index in [2.05, 4.69) is 148 Å². The molecule has 1 unspecified atom stereocenters. The van der Waals surface area contributed by atoms with Gasteiger partial charge in [-0.1, -0.05) is 97.1 Å². The molecule has 0 bridgehead atoms. The number of allylic oxidation sites excluding steroid dienone is 4. The highest BCUT2D eigenvalue weighted by atomic mass is 15.3. The Hall–Kier alpha value is -6.20. The van der Waals surface area contributed by atoms with Gasteiger partial charge in [0, 0.05) is 45.0 Å². The largest absolute Gasteiger partial charge is 0.346 e. The minimum atomic E-state index is -0.398. The lowest BCUT2D eigenvalue weighted by atomic mass is 9.87. The van der Waals surface area contributed by atoms with Gasteiger partial charge >= 0.3 is 0 Å². The zero-order valence-electron chi connectivity index (χ0n) is 26.2. The van der Waals surface area contributed by atoms with Crippen molar-refractivity contribution in [1.29, 1.82) is 0 Å². The lowest BCUT2D eigenvalue weighted by Crippen LogP contribution is -2.25. The van der Waals surface area contributed by atoms with Crippen LogP contribution in [-0.2, 0) is 0 Å². The van der Waals surface area contributed by atoms with E-state index in [1.54, 1.807) is 0 Å². The van der Waals surface area contributed by atoms with Gasteiger partial charge in [-0.2, -0.15) is 0 Å². The molecule has 48 heavy (non-hydrogen) atoms. The van der Waals surface area contributed by atoms with Crippen molar-refractivity contribution in [2.24, 2.45) is 4.99 Å². The summed E-state index contributed by atoms with van der Waals surface area (Å²) in [7, 11) is 0. The van der Waals surface area contributed by atoms with Crippen LogP contribution in [0.15, 0.2) is 157 Å². The molecule has 1 aliphatic carbocycles. The monoisotopic (exact) mass is 617 g/mol. The van der Waals surface area contributed by atoms with Crippen molar-refractivity contribution in [2.75, 3.05) is 10.2 Å². The van der Waals surface area contributed by atoms with Gasteiger partial charge in [-0.05, 0) is 72.5 Å². The first-order valence-electron chi connectivity index (χ1n) is 16.6. The SMILES string of the molecule is C1=CC2=C(CC1)c1c(ccc3c4ccccc4n(C4N=C(c5ccccn5)c5ccccc5N4)c13)N(c1ccccc1)c1ccccc12. The topological polar surface area (TPSA) is 45.5 Å². The highest BCUT2D eigenvalue weighted by Gasteiger charge is 2.33. The minimum absolute atomic E-state index is 0.398. The zero-order chi connectivity index (χ0) is 31.6. The van der Waals surface area contributed by atoms with E-state index < -0.39 is 6.29 Å². The normalized spacial score (nSPS) is 16.5. The van der Waals surface area contributed by atoms with Gasteiger partial charge in [0.25, 0.3) is 0 Å². The lowest BCUT2D eigenvalue weighted by Gasteiger charge is -2.30. The van der Waals surface area contributed by atoms with Crippen LogP contribution in [0.5, 0.6) is 0 Å². The van der Waals surface area contributed by atoms with E-state index in [1.807, 2.05) is 18.3 Å². The molecule has 2 aromatic heterocycles. The molecule has 5 heteroatoms. The number of nitrogens with zero attached hydrogens (tertiary/aromatic N) is 4. The van der Waals surface area contributed by atoms with E-state index >= 15 is 0 Å². The van der Waals surface area contributed by atoms with Crippen molar-refractivity contribution in [1.82, 2.24) is 9.55 Å². The molecule has 0 saturated carbocycles. The van der Waals surface area contributed by atoms with Crippen molar-refractivity contribution < 1.29 is 0 Å². The summed E-state index contributed by atoms with van der Waals surface area (Å²) < 4.78 is 2.43. The van der Waals surface area contributed by atoms with Crippen LogP contribution in [0, 0.1) is 0 Å². The van der Waals surface area contributed by atoms with Crippen LogP contribution in [0.25, 0.3) is 33.0 Å². The van der Waals surface area contributed by atoms with Crippen LogP contribution in [0.4, 0.5) is 22.7 Å². The number of para-hydroxylation sites is 4. The quantitative estimate of drug-likeness (QED) is 0.215. The zero-order valence-corrected chi connectivity index (χ0v) is 26.2. The molecule has 0 spiro atoms. The van der Waals surface area contributed by atoms with Crippen LogP contribution < -0.4 is 10.2 Å². The molecule has 7 aromatic rings. The first kappa shape index (κ1) is 27.0. The van der Waals surface area contributed by atoms with E-state index in [9.17, 15) is 0 Å². The molecule has 10 rings (SSSR count). The number of nitrogens with one attached hydrogen (secondary N) is 1. The summed E-state index contributed by atoms with van der Waals surface area (Å²) >= 11 is 0. The number of fused-ring (bicyclic) bond motifs is 9. The van der Waals surface area contributed by atoms with Crippen LogP contribution in [0.3, 0.4) is 0 Å². The summed E-state index contributed by atoms with van der Waals surface area (Å²) in [5.41, 5.74) is 14.9. The predicted octanol–water partition coefficient (Wildman–Crippen LogP) is 10.7.